The molecule has 3 heteroatoms. The van der Waals surface area contributed by atoms with Crippen LogP contribution in [0, 0.1) is 5.92 Å². The van der Waals surface area contributed by atoms with Crippen LogP contribution in [0.3, 0.4) is 0 Å². The standard InChI is InChI=1S/C14H23ClN2/c1-10(2)11(3)17(4)14-6-5-12(7-8-16)9-13(14)15/h5-6,9-11H,7-8,16H2,1-4H3. The Morgan fingerprint density at radius 2 is 1.94 bits per heavy atom. The minimum absolute atomic E-state index is 0.466. The van der Waals surface area contributed by atoms with Gasteiger partial charge in [-0.25, -0.2) is 0 Å². The van der Waals surface area contributed by atoms with Gasteiger partial charge in [0.05, 0.1) is 10.7 Å². The van der Waals surface area contributed by atoms with Gasteiger partial charge in [0.25, 0.3) is 0 Å². The highest BCUT2D eigenvalue weighted by Crippen LogP contribution is 2.28. The van der Waals surface area contributed by atoms with E-state index in [0.29, 0.717) is 18.5 Å². The smallest absolute Gasteiger partial charge is 0.0642 e. The van der Waals surface area contributed by atoms with Crippen LogP contribution in [0.1, 0.15) is 26.3 Å². The molecule has 0 amide bonds. The highest BCUT2D eigenvalue weighted by molar-refractivity contribution is 6.33. The molecule has 0 fully saturated rings. The van der Waals surface area contributed by atoms with E-state index < -0.39 is 0 Å². The molecule has 0 bridgehead atoms. The molecule has 0 saturated heterocycles. The first kappa shape index (κ1) is 14.3. The normalized spacial score (nSPS) is 12.9. The van der Waals surface area contributed by atoms with Gasteiger partial charge in [-0.2, -0.15) is 0 Å². The lowest BCUT2D eigenvalue weighted by atomic mass is 10.0. The Kier molecular flexibility index (Phi) is 5.29. The fourth-order valence-corrected chi connectivity index (χ4v) is 2.16. The molecule has 1 atom stereocenters. The predicted octanol–water partition coefficient (Wildman–Crippen LogP) is 3.32. The van der Waals surface area contributed by atoms with Gasteiger partial charge in [0.1, 0.15) is 0 Å². The van der Waals surface area contributed by atoms with Crippen molar-refractivity contribution >= 4 is 17.3 Å². The number of halogens is 1. The number of nitrogens with two attached hydrogens (primary N) is 1. The molecule has 1 rings (SSSR count). The largest absolute Gasteiger partial charge is 0.370 e. The highest BCUT2D eigenvalue weighted by atomic mass is 35.5. The van der Waals surface area contributed by atoms with Gasteiger partial charge in [-0.1, -0.05) is 31.5 Å². The third-order valence-corrected chi connectivity index (χ3v) is 3.70. The Bertz CT molecular complexity index is 363. The van der Waals surface area contributed by atoms with E-state index in [1.54, 1.807) is 0 Å². The summed E-state index contributed by atoms with van der Waals surface area (Å²) in [7, 11) is 2.09. The molecule has 0 radical (unpaired) electrons. The molecular formula is C14H23ClN2. The molecule has 2 nitrogen and oxygen atoms in total. The van der Waals surface area contributed by atoms with E-state index in [4.69, 9.17) is 17.3 Å². The summed E-state index contributed by atoms with van der Waals surface area (Å²) in [5.41, 5.74) is 7.84. The van der Waals surface area contributed by atoms with Crippen molar-refractivity contribution in [2.24, 2.45) is 11.7 Å². The van der Waals surface area contributed by atoms with Gasteiger partial charge in [0.15, 0.2) is 0 Å². The number of anilines is 1. The van der Waals surface area contributed by atoms with Crippen molar-refractivity contribution in [3.8, 4) is 0 Å². The first-order valence-corrected chi connectivity index (χ1v) is 6.56. The minimum atomic E-state index is 0.466. The van der Waals surface area contributed by atoms with Crippen molar-refractivity contribution in [1.82, 2.24) is 0 Å². The monoisotopic (exact) mass is 254 g/mol. The van der Waals surface area contributed by atoms with Crippen molar-refractivity contribution in [2.45, 2.75) is 33.2 Å². The first-order chi connectivity index (χ1) is 7.97. The summed E-state index contributed by atoms with van der Waals surface area (Å²) >= 11 is 6.33. The number of hydrogen-bond acceptors (Lipinski definition) is 2. The fourth-order valence-electron chi connectivity index (χ4n) is 1.83. The van der Waals surface area contributed by atoms with Gasteiger partial charge in [-0.05, 0) is 43.5 Å². The molecule has 0 heterocycles. The molecule has 0 saturated carbocycles. The summed E-state index contributed by atoms with van der Waals surface area (Å²) in [5.74, 6) is 0.597. The summed E-state index contributed by atoms with van der Waals surface area (Å²) in [6, 6.07) is 6.68. The second-order valence-corrected chi connectivity index (χ2v) is 5.33. The van der Waals surface area contributed by atoms with Crippen LogP contribution in [0.15, 0.2) is 18.2 Å². The van der Waals surface area contributed by atoms with Gasteiger partial charge in [-0.15, -0.1) is 0 Å². The maximum atomic E-state index is 6.33. The Hall–Kier alpha value is -0.730. The van der Waals surface area contributed by atoms with Gasteiger partial charge in [0.2, 0.25) is 0 Å². The molecule has 1 aromatic rings. The second-order valence-electron chi connectivity index (χ2n) is 4.92. The SMILES string of the molecule is CC(C)C(C)N(C)c1ccc(CCN)cc1Cl. The van der Waals surface area contributed by atoms with E-state index in [9.17, 15) is 0 Å². The Morgan fingerprint density at radius 3 is 2.41 bits per heavy atom. The number of benzene rings is 1. The molecule has 0 aromatic heterocycles. The molecule has 17 heavy (non-hydrogen) atoms. The van der Waals surface area contributed by atoms with E-state index in [1.807, 2.05) is 6.07 Å². The molecule has 2 N–H and O–H groups in total. The first-order valence-electron chi connectivity index (χ1n) is 6.18. The molecule has 96 valence electrons. The van der Waals surface area contributed by atoms with Gasteiger partial charge >= 0.3 is 0 Å². The van der Waals surface area contributed by atoms with Crippen molar-refractivity contribution in [3.63, 3.8) is 0 Å². The van der Waals surface area contributed by atoms with E-state index in [1.165, 1.54) is 5.56 Å². The maximum Gasteiger partial charge on any atom is 0.0642 e. The summed E-state index contributed by atoms with van der Waals surface area (Å²) in [4.78, 5) is 2.24. The average molecular weight is 255 g/mol. The zero-order valence-corrected chi connectivity index (χ0v) is 12.0. The second kappa shape index (κ2) is 6.27. The van der Waals surface area contributed by atoms with E-state index in [-0.39, 0.29) is 0 Å². The van der Waals surface area contributed by atoms with Crippen molar-refractivity contribution in [3.05, 3.63) is 28.8 Å². The number of nitrogens with zero attached hydrogens (tertiary/aromatic N) is 1. The van der Waals surface area contributed by atoms with Crippen LogP contribution in [0.4, 0.5) is 5.69 Å². The van der Waals surface area contributed by atoms with E-state index in [2.05, 4.69) is 44.9 Å². The topological polar surface area (TPSA) is 29.3 Å². The zero-order chi connectivity index (χ0) is 13.0. The van der Waals surface area contributed by atoms with Crippen LogP contribution in [-0.2, 0) is 6.42 Å². The van der Waals surface area contributed by atoms with Crippen molar-refractivity contribution in [1.29, 1.82) is 0 Å². The molecule has 0 aliphatic heterocycles. The molecule has 1 aromatic carbocycles. The summed E-state index contributed by atoms with van der Waals surface area (Å²) < 4.78 is 0. The Balaban J connectivity index is 2.91. The molecule has 0 aliphatic carbocycles. The fraction of sp³-hybridized carbons (Fsp3) is 0.571. The lowest BCUT2D eigenvalue weighted by Gasteiger charge is -2.30. The maximum absolute atomic E-state index is 6.33. The quantitative estimate of drug-likeness (QED) is 0.874. The van der Waals surface area contributed by atoms with E-state index in [0.717, 1.165) is 17.1 Å². The number of rotatable bonds is 5. The Labute approximate surface area is 110 Å². The van der Waals surface area contributed by atoms with Crippen LogP contribution in [0.2, 0.25) is 5.02 Å². The van der Waals surface area contributed by atoms with Crippen LogP contribution in [0.25, 0.3) is 0 Å². The van der Waals surface area contributed by atoms with Crippen LogP contribution in [-0.4, -0.2) is 19.6 Å². The van der Waals surface area contributed by atoms with Gasteiger partial charge in [0, 0.05) is 13.1 Å². The predicted molar refractivity (Wildman–Crippen MR) is 76.9 cm³/mol. The molecule has 0 aliphatic rings. The van der Waals surface area contributed by atoms with E-state index >= 15 is 0 Å². The number of hydrogen-bond donors (Lipinski definition) is 1. The van der Waals surface area contributed by atoms with Crippen molar-refractivity contribution < 1.29 is 0 Å². The summed E-state index contributed by atoms with van der Waals surface area (Å²) in [6.07, 6.45) is 0.878. The third kappa shape index (κ3) is 3.62. The molecular weight excluding hydrogens is 232 g/mol. The summed E-state index contributed by atoms with van der Waals surface area (Å²) in [6.45, 7) is 7.32. The van der Waals surface area contributed by atoms with Crippen LogP contribution < -0.4 is 10.6 Å². The van der Waals surface area contributed by atoms with Crippen LogP contribution >= 0.6 is 11.6 Å². The van der Waals surface area contributed by atoms with Gasteiger partial charge < -0.3 is 10.6 Å². The molecule has 0 spiro atoms. The third-order valence-electron chi connectivity index (χ3n) is 3.40. The summed E-state index contributed by atoms with van der Waals surface area (Å²) in [5, 5.41) is 0.811. The lowest BCUT2D eigenvalue weighted by molar-refractivity contribution is 0.505. The van der Waals surface area contributed by atoms with Gasteiger partial charge in [-0.3, -0.25) is 0 Å². The highest BCUT2D eigenvalue weighted by Gasteiger charge is 2.15. The average Bonchev–Trinajstić information content (AvgIpc) is 2.27. The Morgan fingerprint density at radius 1 is 1.29 bits per heavy atom. The lowest BCUT2D eigenvalue weighted by Crippen LogP contribution is -2.33. The molecule has 1 unspecified atom stereocenters. The van der Waals surface area contributed by atoms with Crippen molar-refractivity contribution in [2.75, 3.05) is 18.5 Å². The minimum Gasteiger partial charge on any atom is -0.370 e. The zero-order valence-electron chi connectivity index (χ0n) is 11.2. The van der Waals surface area contributed by atoms with Crippen LogP contribution in [0.5, 0.6) is 0 Å².